The van der Waals surface area contributed by atoms with Crippen molar-refractivity contribution in [2.75, 3.05) is 0 Å². The zero-order chi connectivity index (χ0) is 21.5. The average Bonchev–Trinajstić information content (AvgIpc) is 2.50. The van der Waals surface area contributed by atoms with Crippen LogP contribution in [0.2, 0.25) is 0 Å². The third-order valence-corrected chi connectivity index (χ3v) is 2.98. The van der Waals surface area contributed by atoms with E-state index in [-0.39, 0.29) is 0 Å². The minimum absolute atomic E-state index is 1.35. The predicted octanol–water partition coefficient (Wildman–Crippen LogP) is 3.90. The summed E-state index contributed by atoms with van der Waals surface area (Å²) >= 11 is 0. The van der Waals surface area contributed by atoms with Crippen molar-refractivity contribution in [3.05, 3.63) is 46.3 Å². The predicted molar refractivity (Wildman–Crippen MR) is 61.5 cm³/mol. The number of ketones is 1. The SMILES string of the molecule is [C-]#[N+]c1c(F)c(F)c(/C([O-])=C/C(=O)C(F)(C(F)(F)F)C(F)(F)F)c(F)c1F. The molecule has 1 rings (SSSR count). The Balaban J connectivity index is 3.68. The highest BCUT2D eigenvalue weighted by atomic mass is 19.4. The summed E-state index contributed by atoms with van der Waals surface area (Å²) < 4.78 is 141. The van der Waals surface area contributed by atoms with E-state index in [1.54, 1.807) is 0 Å². The molecule has 0 saturated carbocycles. The van der Waals surface area contributed by atoms with Crippen LogP contribution in [0.3, 0.4) is 0 Å². The van der Waals surface area contributed by atoms with Crippen molar-refractivity contribution < 1.29 is 58.2 Å². The van der Waals surface area contributed by atoms with E-state index in [1.807, 2.05) is 4.85 Å². The molecule has 0 saturated heterocycles. The van der Waals surface area contributed by atoms with Crippen LogP contribution >= 0.6 is 0 Å². The first-order valence-electron chi connectivity index (χ1n) is 6.01. The number of nitrogens with zero attached hydrogens (tertiary/aromatic N) is 1. The highest BCUT2D eigenvalue weighted by Crippen LogP contribution is 2.47. The Hall–Kier alpha value is -2.85. The summed E-state index contributed by atoms with van der Waals surface area (Å²) in [4.78, 5) is 13.1. The van der Waals surface area contributed by atoms with Crippen LogP contribution in [0.5, 0.6) is 0 Å². The standard InChI is InChI=1S/C13H2F11NO2/c1-25-10-8(16)6(14)5(7(15)9(10)17)3(26)2-4(27)11(18,12(19,20)21)13(22,23)24/h2,26H/p-1/b3-2-. The van der Waals surface area contributed by atoms with Gasteiger partial charge in [0.15, 0.2) is 23.3 Å². The molecule has 0 aromatic heterocycles. The molecule has 27 heavy (non-hydrogen) atoms. The molecule has 14 heteroatoms. The second-order valence-electron chi connectivity index (χ2n) is 4.62. The number of benzene rings is 1. The molecular formula is C13HF11NO2-. The highest BCUT2D eigenvalue weighted by Gasteiger charge is 2.76. The van der Waals surface area contributed by atoms with E-state index >= 15 is 0 Å². The second kappa shape index (κ2) is 6.71. The van der Waals surface area contributed by atoms with Crippen LogP contribution in [0.1, 0.15) is 5.56 Å². The van der Waals surface area contributed by atoms with Gasteiger partial charge in [-0.25, -0.2) is 26.8 Å². The quantitative estimate of drug-likeness (QED) is 0.249. The van der Waals surface area contributed by atoms with Crippen LogP contribution < -0.4 is 5.11 Å². The van der Waals surface area contributed by atoms with Gasteiger partial charge in [-0.1, -0.05) is 5.76 Å². The number of allylic oxidation sites excluding steroid dienone is 1. The molecule has 0 atom stereocenters. The summed E-state index contributed by atoms with van der Waals surface area (Å²) in [7, 11) is 0. The monoisotopic (exact) mass is 412 g/mol. The fourth-order valence-corrected chi connectivity index (χ4v) is 1.67. The molecule has 0 N–H and O–H groups in total. The van der Waals surface area contributed by atoms with Crippen LogP contribution in [-0.4, -0.2) is 23.8 Å². The molecule has 3 nitrogen and oxygen atoms in total. The molecule has 0 radical (unpaired) electrons. The smallest absolute Gasteiger partial charge is 0.439 e. The van der Waals surface area contributed by atoms with Crippen molar-refractivity contribution in [3.8, 4) is 0 Å². The number of carbonyl (C=O) groups excluding carboxylic acids is 1. The zero-order valence-corrected chi connectivity index (χ0v) is 12.0. The van der Waals surface area contributed by atoms with Crippen molar-refractivity contribution in [3.63, 3.8) is 0 Å². The average molecular weight is 412 g/mol. The molecule has 0 aliphatic rings. The first-order chi connectivity index (χ1) is 12.0. The number of rotatable bonds is 3. The highest BCUT2D eigenvalue weighted by molar-refractivity contribution is 6.02. The van der Waals surface area contributed by atoms with Gasteiger partial charge in [0.1, 0.15) is 0 Å². The van der Waals surface area contributed by atoms with Gasteiger partial charge in [0.2, 0.25) is 5.78 Å². The van der Waals surface area contributed by atoms with Crippen molar-refractivity contribution in [1.82, 2.24) is 0 Å². The lowest BCUT2D eigenvalue weighted by atomic mass is 9.97. The Morgan fingerprint density at radius 2 is 1.22 bits per heavy atom. The van der Waals surface area contributed by atoms with E-state index in [1.165, 1.54) is 0 Å². The number of hydrogen-bond acceptors (Lipinski definition) is 2. The van der Waals surface area contributed by atoms with Crippen LogP contribution in [0.4, 0.5) is 54.0 Å². The second-order valence-corrected chi connectivity index (χ2v) is 4.62. The Morgan fingerprint density at radius 3 is 1.52 bits per heavy atom. The van der Waals surface area contributed by atoms with Gasteiger partial charge in [-0.2, -0.15) is 26.3 Å². The number of hydrogen-bond donors (Lipinski definition) is 0. The third kappa shape index (κ3) is 3.40. The molecule has 0 aliphatic carbocycles. The zero-order valence-electron chi connectivity index (χ0n) is 12.0. The Labute approximate surface area is 141 Å². The van der Waals surface area contributed by atoms with Gasteiger partial charge in [-0.05, 0) is 6.08 Å². The topological polar surface area (TPSA) is 44.5 Å². The van der Waals surface area contributed by atoms with Gasteiger partial charge >= 0.3 is 18.0 Å². The largest absolute Gasteiger partial charge is 0.872 e. The minimum Gasteiger partial charge on any atom is -0.872 e. The Kier molecular flexibility index (Phi) is 5.51. The van der Waals surface area contributed by atoms with E-state index in [9.17, 15) is 58.2 Å². The Morgan fingerprint density at radius 1 is 0.852 bits per heavy atom. The van der Waals surface area contributed by atoms with Gasteiger partial charge < -0.3 is 5.11 Å². The summed E-state index contributed by atoms with van der Waals surface area (Å²) in [5.41, 5.74) is -11.0. The van der Waals surface area contributed by atoms with Crippen molar-refractivity contribution in [2.45, 2.75) is 18.0 Å². The maximum absolute atomic E-state index is 13.5. The van der Waals surface area contributed by atoms with E-state index in [0.29, 0.717) is 0 Å². The van der Waals surface area contributed by atoms with Crippen molar-refractivity contribution in [1.29, 1.82) is 0 Å². The molecule has 0 unspecified atom stereocenters. The molecule has 0 amide bonds. The fourth-order valence-electron chi connectivity index (χ4n) is 1.67. The van der Waals surface area contributed by atoms with E-state index < -0.39 is 70.2 Å². The lowest BCUT2D eigenvalue weighted by Gasteiger charge is -2.28. The number of alkyl halides is 7. The van der Waals surface area contributed by atoms with Gasteiger partial charge in [0, 0.05) is 5.56 Å². The Bertz CT molecular complexity index is 818. The molecule has 0 fully saturated rings. The number of carbonyl (C=O) groups is 1. The van der Waals surface area contributed by atoms with Crippen molar-refractivity contribution in [2.24, 2.45) is 0 Å². The molecule has 0 aliphatic heterocycles. The van der Waals surface area contributed by atoms with Gasteiger partial charge in [0.25, 0.3) is 5.69 Å². The van der Waals surface area contributed by atoms with Gasteiger partial charge in [-0.15, -0.1) is 0 Å². The van der Waals surface area contributed by atoms with Crippen LogP contribution in [0.15, 0.2) is 6.08 Å². The molecule has 0 bridgehead atoms. The lowest BCUT2D eigenvalue weighted by molar-refractivity contribution is -0.323. The molecule has 148 valence electrons. The summed E-state index contributed by atoms with van der Waals surface area (Å²) in [5, 5.41) is 11.4. The van der Waals surface area contributed by atoms with Crippen LogP contribution in [-0.2, 0) is 4.79 Å². The molecular weight excluding hydrogens is 411 g/mol. The van der Waals surface area contributed by atoms with Gasteiger partial charge in [-0.3, -0.25) is 4.79 Å². The maximum Gasteiger partial charge on any atom is 0.439 e. The fraction of sp³-hybridized carbons (Fsp3) is 0.231. The normalized spacial score (nSPS) is 13.5. The lowest BCUT2D eigenvalue weighted by Crippen LogP contribution is -2.58. The molecule has 1 aromatic carbocycles. The summed E-state index contributed by atoms with van der Waals surface area (Å²) in [6, 6.07) is 0. The van der Waals surface area contributed by atoms with Crippen molar-refractivity contribution >= 4 is 17.2 Å². The first-order valence-corrected chi connectivity index (χ1v) is 6.01. The van der Waals surface area contributed by atoms with Crippen LogP contribution in [0.25, 0.3) is 10.6 Å². The summed E-state index contributed by atoms with van der Waals surface area (Å²) in [6.45, 7) is 6.29. The number of halogens is 11. The molecule has 1 aromatic rings. The first kappa shape index (κ1) is 22.2. The summed E-state index contributed by atoms with van der Waals surface area (Å²) in [6.07, 6.45) is -15.2. The minimum atomic E-state index is -6.93. The molecule has 0 heterocycles. The van der Waals surface area contributed by atoms with E-state index in [4.69, 9.17) is 6.57 Å². The van der Waals surface area contributed by atoms with E-state index in [0.717, 1.165) is 0 Å². The van der Waals surface area contributed by atoms with E-state index in [2.05, 4.69) is 0 Å². The maximum atomic E-state index is 13.5. The van der Waals surface area contributed by atoms with Crippen LogP contribution in [0, 0.1) is 29.8 Å². The summed E-state index contributed by atoms with van der Waals surface area (Å²) in [5.74, 6) is -16.8. The van der Waals surface area contributed by atoms with Gasteiger partial charge in [0.05, 0.1) is 6.57 Å². The molecule has 0 spiro atoms. The third-order valence-electron chi connectivity index (χ3n) is 2.98.